The lowest BCUT2D eigenvalue weighted by Gasteiger charge is -2.37. The number of hydrogen-bond donors (Lipinski definition) is 2. The van der Waals surface area contributed by atoms with E-state index in [0.29, 0.717) is 5.69 Å². The lowest BCUT2D eigenvalue weighted by Crippen LogP contribution is -2.46. The molecule has 3 rings (SSSR count). The summed E-state index contributed by atoms with van der Waals surface area (Å²) in [6.07, 6.45) is 0. The fraction of sp³-hybridized carbons (Fsp3) is 0.294. The van der Waals surface area contributed by atoms with Crippen LogP contribution in [0.1, 0.15) is 0 Å². The molecule has 0 bridgehead atoms. The first kappa shape index (κ1) is 14.5. The van der Waals surface area contributed by atoms with E-state index in [-0.39, 0.29) is 0 Å². The third-order valence-electron chi connectivity index (χ3n) is 4.08. The van der Waals surface area contributed by atoms with Gasteiger partial charge in [-0.15, -0.1) is 0 Å². The molecule has 5 heteroatoms. The lowest BCUT2D eigenvalue weighted by atomic mass is 10.2. The summed E-state index contributed by atoms with van der Waals surface area (Å²) < 4.78 is 5.20. The van der Waals surface area contributed by atoms with Crippen molar-refractivity contribution in [2.45, 2.75) is 0 Å². The van der Waals surface area contributed by atoms with Gasteiger partial charge >= 0.3 is 0 Å². The number of ether oxygens (including phenoxy) is 1. The van der Waals surface area contributed by atoms with Crippen LogP contribution >= 0.6 is 0 Å². The van der Waals surface area contributed by atoms with Crippen molar-refractivity contribution in [3.05, 3.63) is 48.5 Å². The maximum Gasteiger partial charge on any atom is 0.119 e. The van der Waals surface area contributed by atoms with Gasteiger partial charge in [0.1, 0.15) is 5.75 Å². The van der Waals surface area contributed by atoms with Gasteiger partial charge in [-0.2, -0.15) is 0 Å². The zero-order valence-corrected chi connectivity index (χ0v) is 12.7. The summed E-state index contributed by atoms with van der Waals surface area (Å²) in [4.78, 5) is 4.75. The predicted molar refractivity (Wildman–Crippen MR) is 89.3 cm³/mol. The van der Waals surface area contributed by atoms with E-state index in [4.69, 9.17) is 9.94 Å². The highest BCUT2D eigenvalue weighted by Crippen LogP contribution is 2.23. The van der Waals surface area contributed by atoms with Gasteiger partial charge in [-0.1, -0.05) is 0 Å². The summed E-state index contributed by atoms with van der Waals surface area (Å²) >= 11 is 0. The minimum absolute atomic E-state index is 0.709. The fourth-order valence-electron chi connectivity index (χ4n) is 2.76. The number of methoxy groups -OCH3 is 1. The number of benzene rings is 2. The molecule has 0 aliphatic carbocycles. The molecule has 0 aromatic heterocycles. The molecule has 0 amide bonds. The van der Waals surface area contributed by atoms with Crippen molar-refractivity contribution in [3.63, 3.8) is 0 Å². The topological polar surface area (TPSA) is 48.0 Å². The number of rotatable bonds is 4. The number of piperazine rings is 1. The minimum atomic E-state index is 0.709. The molecule has 1 aliphatic rings. The SMILES string of the molecule is COc1ccc(N2CCN(c3ccc(NO)cc3)CC2)cc1. The van der Waals surface area contributed by atoms with Gasteiger partial charge in [0.25, 0.3) is 0 Å². The van der Waals surface area contributed by atoms with Crippen LogP contribution in [0.4, 0.5) is 17.1 Å². The first-order valence-electron chi connectivity index (χ1n) is 7.44. The molecule has 0 saturated carbocycles. The molecule has 1 fully saturated rings. The molecule has 2 aromatic carbocycles. The molecule has 1 heterocycles. The van der Waals surface area contributed by atoms with Gasteiger partial charge in [-0.3, -0.25) is 10.7 Å². The highest BCUT2D eigenvalue weighted by atomic mass is 16.5. The Morgan fingerprint density at radius 2 is 1.27 bits per heavy atom. The van der Waals surface area contributed by atoms with Crippen LogP contribution < -0.4 is 20.0 Å². The summed E-state index contributed by atoms with van der Waals surface area (Å²) in [7, 11) is 1.69. The summed E-state index contributed by atoms with van der Waals surface area (Å²) in [6, 6.07) is 16.0. The summed E-state index contributed by atoms with van der Waals surface area (Å²) in [5, 5.41) is 8.86. The quantitative estimate of drug-likeness (QED) is 0.850. The smallest absolute Gasteiger partial charge is 0.119 e. The van der Waals surface area contributed by atoms with Crippen molar-refractivity contribution < 1.29 is 9.94 Å². The van der Waals surface area contributed by atoms with Crippen molar-refractivity contribution in [1.29, 1.82) is 0 Å². The number of nitrogens with zero attached hydrogens (tertiary/aromatic N) is 2. The van der Waals surface area contributed by atoms with E-state index in [0.717, 1.165) is 31.9 Å². The second-order valence-electron chi connectivity index (χ2n) is 5.33. The van der Waals surface area contributed by atoms with Crippen molar-refractivity contribution in [2.75, 3.05) is 48.6 Å². The first-order valence-corrected chi connectivity index (χ1v) is 7.44. The van der Waals surface area contributed by atoms with Crippen LogP contribution in [0, 0.1) is 0 Å². The molecule has 2 aromatic rings. The van der Waals surface area contributed by atoms with Gasteiger partial charge < -0.3 is 14.5 Å². The second-order valence-corrected chi connectivity index (χ2v) is 5.33. The third-order valence-corrected chi connectivity index (χ3v) is 4.08. The number of hydrogen-bond acceptors (Lipinski definition) is 5. The molecule has 116 valence electrons. The summed E-state index contributed by atoms with van der Waals surface area (Å²) in [5.41, 5.74) is 5.29. The predicted octanol–water partition coefficient (Wildman–Crippen LogP) is 2.82. The van der Waals surface area contributed by atoms with Gasteiger partial charge in [0.05, 0.1) is 12.8 Å². The Hall–Kier alpha value is -2.40. The zero-order chi connectivity index (χ0) is 15.4. The Kier molecular flexibility index (Phi) is 4.34. The Balaban J connectivity index is 1.61. The number of nitrogens with one attached hydrogen (secondary N) is 1. The average molecular weight is 299 g/mol. The molecule has 0 unspecified atom stereocenters. The molecule has 2 N–H and O–H groups in total. The van der Waals surface area contributed by atoms with E-state index in [1.165, 1.54) is 11.4 Å². The van der Waals surface area contributed by atoms with Gasteiger partial charge in [0.2, 0.25) is 0 Å². The van der Waals surface area contributed by atoms with Crippen LogP contribution in [0.25, 0.3) is 0 Å². The van der Waals surface area contributed by atoms with Gasteiger partial charge in [-0.25, -0.2) is 0 Å². The van der Waals surface area contributed by atoms with E-state index in [2.05, 4.69) is 27.4 Å². The van der Waals surface area contributed by atoms with E-state index >= 15 is 0 Å². The third kappa shape index (κ3) is 3.09. The van der Waals surface area contributed by atoms with Gasteiger partial charge in [0.15, 0.2) is 0 Å². The summed E-state index contributed by atoms with van der Waals surface area (Å²) in [6.45, 7) is 3.95. The van der Waals surface area contributed by atoms with Crippen LogP contribution in [0.3, 0.4) is 0 Å². The first-order chi connectivity index (χ1) is 10.8. The van der Waals surface area contributed by atoms with Crippen LogP contribution in [-0.4, -0.2) is 38.5 Å². The second kappa shape index (κ2) is 6.58. The Morgan fingerprint density at radius 1 is 0.818 bits per heavy atom. The molecule has 5 nitrogen and oxygen atoms in total. The van der Waals surface area contributed by atoms with Crippen molar-refractivity contribution in [2.24, 2.45) is 0 Å². The van der Waals surface area contributed by atoms with Gasteiger partial charge in [0, 0.05) is 37.6 Å². The number of anilines is 3. The van der Waals surface area contributed by atoms with Crippen LogP contribution in [0.15, 0.2) is 48.5 Å². The molecule has 1 saturated heterocycles. The summed E-state index contributed by atoms with van der Waals surface area (Å²) in [5.74, 6) is 0.889. The average Bonchev–Trinajstić information content (AvgIpc) is 2.62. The minimum Gasteiger partial charge on any atom is -0.497 e. The molecule has 22 heavy (non-hydrogen) atoms. The van der Waals surface area contributed by atoms with Crippen molar-refractivity contribution in [3.8, 4) is 5.75 Å². The monoisotopic (exact) mass is 299 g/mol. The maximum atomic E-state index is 8.86. The standard InChI is InChI=1S/C17H21N3O2/c1-22-17-8-6-16(7-9-17)20-12-10-19(11-13-20)15-4-2-14(18-21)3-5-15/h2-9,18,21H,10-13H2,1H3. The van der Waals surface area contributed by atoms with Crippen LogP contribution in [0.2, 0.25) is 0 Å². The maximum absolute atomic E-state index is 8.86. The molecular formula is C17H21N3O2. The van der Waals surface area contributed by atoms with Crippen molar-refractivity contribution >= 4 is 17.1 Å². The highest BCUT2D eigenvalue weighted by Gasteiger charge is 2.17. The molecule has 0 spiro atoms. The zero-order valence-electron chi connectivity index (χ0n) is 12.7. The van der Waals surface area contributed by atoms with Crippen LogP contribution in [-0.2, 0) is 0 Å². The van der Waals surface area contributed by atoms with E-state index in [1.54, 1.807) is 7.11 Å². The molecule has 0 atom stereocenters. The van der Waals surface area contributed by atoms with E-state index < -0.39 is 0 Å². The molecule has 1 aliphatic heterocycles. The Labute approximate surface area is 130 Å². The van der Waals surface area contributed by atoms with Crippen LogP contribution in [0.5, 0.6) is 5.75 Å². The lowest BCUT2D eigenvalue weighted by molar-refractivity contribution is 0.389. The molecule has 0 radical (unpaired) electrons. The molecular weight excluding hydrogens is 278 g/mol. The highest BCUT2D eigenvalue weighted by molar-refractivity contribution is 5.56. The van der Waals surface area contributed by atoms with E-state index in [9.17, 15) is 0 Å². The Bertz CT molecular complexity index is 535. The Morgan fingerprint density at radius 3 is 1.68 bits per heavy atom. The normalized spacial score (nSPS) is 14.8. The largest absolute Gasteiger partial charge is 0.497 e. The van der Waals surface area contributed by atoms with Gasteiger partial charge in [-0.05, 0) is 48.5 Å². The van der Waals surface area contributed by atoms with Crippen molar-refractivity contribution in [1.82, 2.24) is 0 Å². The fourth-order valence-corrected chi connectivity index (χ4v) is 2.76. The van der Waals surface area contributed by atoms with E-state index in [1.807, 2.05) is 36.4 Å².